The zero-order valence-corrected chi connectivity index (χ0v) is 16.4. The van der Waals surface area contributed by atoms with E-state index in [0.29, 0.717) is 5.76 Å². The number of carbonyl (C=O) groups is 1. The Kier molecular flexibility index (Phi) is 4.74. The number of rotatable bonds is 6. The molecule has 0 radical (unpaired) electrons. The molecule has 1 aromatic carbocycles. The van der Waals surface area contributed by atoms with Gasteiger partial charge in [0.05, 0.1) is 27.4 Å². The molecule has 1 aliphatic carbocycles. The Labute approximate surface area is 156 Å². The van der Waals surface area contributed by atoms with E-state index in [0.717, 1.165) is 25.4 Å². The Bertz CT molecular complexity index is 1100. The molecular weight excluding hydrogens is 402 g/mol. The van der Waals surface area contributed by atoms with Crippen molar-refractivity contribution in [1.82, 2.24) is 5.16 Å². The summed E-state index contributed by atoms with van der Waals surface area (Å²) in [6, 6.07) is 2.50. The lowest BCUT2D eigenvalue weighted by Gasteiger charge is -2.13. The number of carbonyl (C=O) groups excluding carboxylic acids is 1. The summed E-state index contributed by atoms with van der Waals surface area (Å²) < 4.78 is 52.6. The molecule has 1 heterocycles. The molecule has 0 bridgehead atoms. The first kappa shape index (κ1) is 19.1. The van der Waals surface area contributed by atoms with Gasteiger partial charge in [0.2, 0.25) is 0 Å². The Hall–Kier alpha value is -1.71. The van der Waals surface area contributed by atoms with Crippen LogP contribution in [0.4, 0.5) is 0 Å². The predicted octanol–water partition coefficient (Wildman–Crippen LogP) is 2.38. The average molecular weight is 418 g/mol. The lowest BCUT2D eigenvalue weighted by molar-refractivity contribution is 0.103. The molecule has 1 fully saturated rings. The molecule has 0 aliphatic heterocycles. The van der Waals surface area contributed by atoms with Gasteiger partial charge in [0.15, 0.2) is 31.2 Å². The minimum atomic E-state index is -3.69. The first-order valence-corrected chi connectivity index (χ1v) is 12.0. The van der Waals surface area contributed by atoms with Crippen LogP contribution in [0, 0.1) is 0 Å². The first-order chi connectivity index (χ1) is 12.0. The second kappa shape index (κ2) is 6.47. The summed E-state index contributed by atoms with van der Waals surface area (Å²) in [6.45, 7) is 0. The van der Waals surface area contributed by atoms with Crippen molar-refractivity contribution >= 4 is 37.1 Å². The lowest BCUT2D eigenvalue weighted by Crippen LogP contribution is -2.13. The fraction of sp³-hybridized carbons (Fsp3) is 0.375. The van der Waals surface area contributed by atoms with Crippen molar-refractivity contribution in [3.63, 3.8) is 0 Å². The fourth-order valence-corrected chi connectivity index (χ4v) is 5.03. The molecule has 0 unspecified atom stereocenters. The van der Waals surface area contributed by atoms with Gasteiger partial charge in [-0.15, -0.1) is 0 Å². The lowest BCUT2D eigenvalue weighted by atomic mass is 9.98. The highest BCUT2D eigenvalue weighted by molar-refractivity contribution is 7.91. The molecule has 1 aromatic heterocycles. The summed E-state index contributed by atoms with van der Waals surface area (Å²) in [7, 11) is -7.26. The second-order valence-corrected chi connectivity index (χ2v) is 11.0. The molecule has 0 amide bonds. The van der Waals surface area contributed by atoms with Gasteiger partial charge < -0.3 is 4.52 Å². The maximum Gasteiger partial charge on any atom is 0.198 e. The monoisotopic (exact) mass is 417 g/mol. The molecule has 10 heteroatoms. The maximum absolute atomic E-state index is 13.0. The fourth-order valence-electron chi connectivity index (χ4n) is 2.71. The molecular formula is C16H16ClNO6S2. The van der Waals surface area contributed by atoms with Gasteiger partial charge in [-0.25, -0.2) is 16.8 Å². The Balaban J connectivity index is 2.18. The standard InChI is InChI=1S/C16H16ClNO6S2/c1-25(20,21)8-12-10(5-6-13(14(12)17)26(2,22)23)15(19)11-7-18-24-16(11)9-3-4-9/h5-7,9H,3-4,8H2,1-2H3. The zero-order valence-electron chi connectivity index (χ0n) is 14.0. The van der Waals surface area contributed by atoms with Crippen LogP contribution in [0.25, 0.3) is 0 Å². The Morgan fingerprint density at radius 2 is 1.85 bits per heavy atom. The van der Waals surface area contributed by atoms with Crippen LogP contribution in [-0.2, 0) is 25.4 Å². The molecule has 140 valence electrons. The summed E-state index contributed by atoms with van der Waals surface area (Å²) in [4.78, 5) is 12.8. The molecule has 3 rings (SSSR count). The van der Waals surface area contributed by atoms with E-state index in [9.17, 15) is 21.6 Å². The molecule has 0 saturated heterocycles. The molecule has 7 nitrogen and oxygen atoms in total. The van der Waals surface area contributed by atoms with Crippen molar-refractivity contribution in [3.05, 3.63) is 45.8 Å². The Morgan fingerprint density at radius 3 is 2.38 bits per heavy atom. The number of benzene rings is 1. The van der Waals surface area contributed by atoms with Crippen LogP contribution in [0.2, 0.25) is 5.02 Å². The van der Waals surface area contributed by atoms with Crippen LogP contribution in [-0.4, -0.2) is 40.3 Å². The van der Waals surface area contributed by atoms with Crippen molar-refractivity contribution in [2.45, 2.75) is 29.4 Å². The van der Waals surface area contributed by atoms with E-state index in [-0.39, 0.29) is 32.5 Å². The summed E-state index contributed by atoms with van der Waals surface area (Å²) in [6.07, 6.45) is 5.02. The highest BCUT2D eigenvalue weighted by Crippen LogP contribution is 2.42. The summed E-state index contributed by atoms with van der Waals surface area (Å²) in [5, 5.41) is 3.41. The van der Waals surface area contributed by atoms with Gasteiger partial charge in [0.25, 0.3) is 0 Å². The van der Waals surface area contributed by atoms with Gasteiger partial charge in [-0.05, 0) is 30.5 Å². The molecule has 26 heavy (non-hydrogen) atoms. The first-order valence-electron chi connectivity index (χ1n) is 7.67. The topological polar surface area (TPSA) is 111 Å². The smallest absolute Gasteiger partial charge is 0.198 e. The van der Waals surface area contributed by atoms with Crippen LogP contribution >= 0.6 is 11.6 Å². The third-order valence-electron chi connectivity index (χ3n) is 4.05. The van der Waals surface area contributed by atoms with E-state index in [4.69, 9.17) is 16.1 Å². The molecule has 1 saturated carbocycles. The number of hydrogen-bond acceptors (Lipinski definition) is 7. The third-order valence-corrected chi connectivity index (χ3v) is 6.55. The third kappa shape index (κ3) is 3.84. The maximum atomic E-state index is 13.0. The quantitative estimate of drug-likeness (QED) is 0.663. The highest BCUT2D eigenvalue weighted by atomic mass is 35.5. The number of ketones is 1. The van der Waals surface area contributed by atoms with E-state index in [1.165, 1.54) is 18.3 Å². The van der Waals surface area contributed by atoms with Crippen molar-refractivity contribution in [3.8, 4) is 0 Å². The molecule has 2 aromatic rings. The van der Waals surface area contributed by atoms with Gasteiger partial charge in [-0.1, -0.05) is 16.8 Å². The van der Waals surface area contributed by atoms with Crippen LogP contribution in [0.1, 0.15) is 46.0 Å². The Morgan fingerprint density at radius 1 is 1.19 bits per heavy atom. The number of halogens is 1. The molecule has 1 aliphatic rings. The van der Waals surface area contributed by atoms with Crippen molar-refractivity contribution in [2.24, 2.45) is 0 Å². The van der Waals surface area contributed by atoms with Crippen LogP contribution in [0.15, 0.2) is 27.7 Å². The van der Waals surface area contributed by atoms with Crippen LogP contribution < -0.4 is 0 Å². The number of hydrogen-bond donors (Lipinski definition) is 0. The van der Waals surface area contributed by atoms with Crippen LogP contribution in [0.3, 0.4) is 0 Å². The second-order valence-electron chi connectivity index (χ2n) is 6.45. The normalized spacial score (nSPS) is 15.2. The van der Waals surface area contributed by atoms with E-state index in [1.54, 1.807) is 0 Å². The van der Waals surface area contributed by atoms with Crippen LogP contribution in [0.5, 0.6) is 0 Å². The average Bonchev–Trinajstić information content (AvgIpc) is 3.23. The summed E-state index contributed by atoms with van der Waals surface area (Å²) in [5.41, 5.74) is 0.230. The zero-order chi connectivity index (χ0) is 19.3. The van der Waals surface area contributed by atoms with Gasteiger partial charge in [-0.3, -0.25) is 4.79 Å². The van der Waals surface area contributed by atoms with Gasteiger partial charge in [0, 0.05) is 24.0 Å². The number of aromatic nitrogens is 1. The molecule has 0 N–H and O–H groups in total. The minimum absolute atomic E-state index is 0.0259. The molecule has 0 atom stereocenters. The van der Waals surface area contributed by atoms with E-state index < -0.39 is 31.2 Å². The largest absolute Gasteiger partial charge is 0.360 e. The minimum Gasteiger partial charge on any atom is -0.360 e. The number of sulfone groups is 2. The summed E-state index contributed by atoms with van der Waals surface area (Å²) >= 11 is 6.19. The van der Waals surface area contributed by atoms with E-state index in [2.05, 4.69) is 5.16 Å². The summed E-state index contributed by atoms with van der Waals surface area (Å²) in [5.74, 6) is -0.460. The predicted molar refractivity (Wildman–Crippen MR) is 95.0 cm³/mol. The van der Waals surface area contributed by atoms with Crippen molar-refractivity contribution in [2.75, 3.05) is 12.5 Å². The highest BCUT2D eigenvalue weighted by Gasteiger charge is 2.34. The van der Waals surface area contributed by atoms with Crippen molar-refractivity contribution in [1.29, 1.82) is 0 Å². The van der Waals surface area contributed by atoms with E-state index >= 15 is 0 Å². The number of nitrogens with zero attached hydrogens (tertiary/aromatic N) is 1. The van der Waals surface area contributed by atoms with Gasteiger partial charge >= 0.3 is 0 Å². The van der Waals surface area contributed by atoms with Gasteiger partial charge in [0.1, 0.15) is 0 Å². The van der Waals surface area contributed by atoms with Crippen molar-refractivity contribution < 1.29 is 26.2 Å². The van der Waals surface area contributed by atoms with Gasteiger partial charge in [-0.2, -0.15) is 0 Å². The van der Waals surface area contributed by atoms with E-state index in [1.807, 2.05) is 0 Å². The molecule has 0 spiro atoms. The SMILES string of the molecule is CS(=O)(=O)Cc1c(C(=O)c2cnoc2C2CC2)ccc(S(C)(=O)=O)c1Cl.